The van der Waals surface area contributed by atoms with E-state index in [1.807, 2.05) is 28.7 Å². The van der Waals surface area contributed by atoms with E-state index >= 15 is 0 Å². The average Bonchev–Trinajstić information content (AvgIpc) is 3.57. The summed E-state index contributed by atoms with van der Waals surface area (Å²) in [5, 5.41) is 3.84. The summed E-state index contributed by atoms with van der Waals surface area (Å²) in [5.74, 6) is 0. The molecule has 0 aliphatic carbocycles. The molecule has 2 aromatic heterocycles. The van der Waals surface area contributed by atoms with Gasteiger partial charge in [-0.05, 0) is 58.5 Å². The zero-order valence-corrected chi connectivity index (χ0v) is 24.4. The predicted molar refractivity (Wildman–Crippen MR) is 183 cm³/mol. The van der Waals surface area contributed by atoms with Gasteiger partial charge < -0.3 is 0 Å². The lowest BCUT2D eigenvalue weighted by atomic mass is 9.96. The van der Waals surface area contributed by atoms with Crippen molar-refractivity contribution in [2.75, 3.05) is 0 Å². The number of aryl methyl sites for hydroxylation is 1. The molecule has 0 aliphatic heterocycles. The van der Waals surface area contributed by atoms with Gasteiger partial charge >= 0.3 is 0 Å². The van der Waals surface area contributed by atoms with Crippen molar-refractivity contribution in [3.8, 4) is 32.7 Å². The Kier molecular flexibility index (Phi) is 6.72. The minimum atomic E-state index is 1.16. The van der Waals surface area contributed by atoms with E-state index in [4.69, 9.17) is 0 Å². The summed E-state index contributed by atoms with van der Waals surface area (Å²) in [7, 11) is 0. The Balaban J connectivity index is 1.41. The van der Waals surface area contributed by atoms with Crippen LogP contribution in [-0.4, -0.2) is 0 Å². The monoisotopic (exact) mass is 560 g/mol. The Hall–Kier alpha value is -4.50. The molecule has 0 nitrogen and oxygen atoms in total. The van der Waals surface area contributed by atoms with Crippen LogP contribution in [0.2, 0.25) is 0 Å². The molecular weight excluding hydrogens is 533 g/mol. The maximum atomic E-state index is 4.29. The van der Waals surface area contributed by atoms with Gasteiger partial charge in [0, 0.05) is 41.1 Å². The lowest BCUT2D eigenvalue weighted by Crippen LogP contribution is -1.82. The van der Waals surface area contributed by atoms with Gasteiger partial charge in [-0.3, -0.25) is 0 Å². The molecule has 0 saturated carbocycles. The Morgan fingerprint density at radius 2 is 1.22 bits per heavy atom. The Morgan fingerprint density at radius 1 is 0.585 bits per heavy atom. The van der Waals surface area contributed by atoms with Crippen molar-refractivity contribution in [2.45, 2.75) is 6.92 Å². The van der Waals surface area contributed by atoms with Crippen LogP contribution in [0.3, 0.4) is 0 Å². The molecule has 0 N–H and O–H groups in total. The lowest BCUT2D eigenvalue weighted by Gasteiger charge is -2.09. The first-order valence-electron chi connectivity index (χ1n) is 13.8. The minimum Gasteiger partial charge on any atom is -0.140 e. The average molecular weight is 561 g/mol. The van der Waals surface area contributed by atoms with Crippen LogP contribution in [0.25, 0.3) is 65.2 Å². The fraction of sp³-hybridized carbons (Fsp3) is 0.0256. The van der Waals surface area contributed by atoms with Gasteiger partial charge in [-0.25, -0.2) is 0 Å². The third kappa shape index (κ3) is 4.66. The van der Waals surface area contributed by atoms with E-state index in [-0.39, 0.29) is 0 Å². The van der Waals surface area contributed by atoms with Gasteiger partial charge in [0.1, 0.15) is 0 Å². The van der Waals surface area contributed by atoms with Crippen molar-refractivity contribution in [2.24, 2.45) is 0 Å². The summed E-state index contributed by atoms with van der Waals surface area (Å²) in [6.45, 7) is 6.52. The van der Waals surface area contributed by atoms with Crippen LogP contribution in [0.4, 0.5) is 0 Å². The van der Waals surface area contributed by atoms with Gasteiger partial charge in [0.25, 0.3) is 0 Å². The van der Waals surface area contributed by atoms with E-state index in [0.29, 0.717) is 0 Å². The summed E-state index contributed by atoms with van der Waals surface area (Å²) in [6.07, 6.45) is 4.37. The quantitative estimate of drug-likeness (QED) is 0.177. The summed E-state index contributed by atoms with van der Waals surface area (Å²) >= 11 is 3.72. The van der Waals surface area contributed by atoms with Gasteiger partial charge in [-0.2, -0.15) is 0 Å². The highest BCUT2D eigenvalue weighted by Gasteiger charge is 2.18. The standard InChI is InChI=1S/C39H28S2/c1-3-27(24-35-26(2)40-37-23-22-30(25-36(35)37)28-14-6-4-7-15-28)38-33-20-12-13-21-34(33)39(41-38)32-19-11-10-18-31(32)29-16-8-5-9-17-29/h3-25H,1H2,2H3/b27-24+. The number of allylic oxidation sites excluding steroid dienone is 2. The van der Waals surface area contributed by atoms with Crippen molar-refractivity contribution >= 4 is 55.2 Å². The van der Waals surface area contributed by atoms with Gasteiger partial charge in [0.05, 0.1) is 0 Å². The second-order valence-electron chi connectivity index (χ2n) is 10.2. The van der Waals surface area contributed by atoms with Gasteiger partial charge in [0.15, 0.2) is 0 Å². The number of thiophene rings is 2. The summed E-state index contributed by atoms with van der Waals surface area (Å²) < 4.78 is 1.31. The van der Waals surface area contributed by atoms with Crippen LogP contribution in [0.1, 0.15) is 15.3 Å². The van der Waals surface area contributed by atoms with Gasteiger partial charge in [-0.15, -0.1) is 22.7 Å². The number of rotatable bonds is 6. The molecule has 0 radical (unpaired) electrons. The van der Waals surface area contributed by atoms with Crippen molar-refractivity contribution in [1.29, 1.82) is 0 Å². The van der Waals surface area contributed by atoms with Crippen LogP contribution in [0.15, 0.2) is 140 Å². The molecule has 41 heavy (non-hydrogen) atoms. The molecule has 0 unspecified atom stereocenters. The molecule has 0 amide bonds. The van der Waals surface area contributed by atoms with Crippen LogP contribution < -0.4 is 0 Å². The topological polar surface area (TPSA) is 0 Å². The second kappa shape index (κ2) is 10.8. The molecule has 7 rings (SSSR count). The molecule has 0 spiro atoms. The Bertz CT molecular complexity index is 2050. The van der Waals surface area contributed by atoms with Crippen LogP contribution >= 0.6 is 22.7 Å². The first-order chi connectivity index (χ1) is 20.2. The second-order valence-corrected chi connectivity index (χ2v) is 12.4. The molecule has 2 heterocycles. The molecule has 0 atom stereocenters. The number of hydrogen-bond acceptors (Lipinski definition) is 2. The van der Waals surface area contributed by atoms with E-state index in [0.717, 1.165) is 5.57 Å². The van der Waals surface area contributed by atoms with E-state index in [1.165, 1.54) is 68.9 Å². The van der Waals surface area contributed by atoms with Crippen molar-refractivity contribution in [3.05, 3.63) is 155 Å². The predicted octanol–water partition coefficient (Wildman–Crippen LogP) is 12.2. The van der Waals surface area contributed by atoms with Crippen LogP contribution in [0.5, 0.6) is 0 Å². The molecule has 0 aliphatic rings. The van der Waals surface area contributed by atoms with E-state index < -0.39 is 0 Å². The normalized spacial score (nSPS) is 11.8. The number of benzene rings is 5. The maximum Gasteiger partial charge on any atom is 0.0434 e. The first kappa shape index (κ1) is 25.5. The largest absolute Gasteiger partial charge is 0.140 e. The maximum absolute atomic E-state index is 4.29. The summed E-state index contributed by atoms with van der Waals surface area (Å²) in [4.78, 5) is 3.87. The first-order valence-corrected chi connectivity index (χ1v) is 15.4. The number of fused-ring (bicyclic) bond motifs is 2. The zero-order valence-electron chi connectivity index (χ0n) is 22.8. The highest BCUT2D eigenvalue weighted by Crippen LogP contribution is 2.46. The van der Waals surface area contributed by atoms with E-state index in [9.17, 15) is 0 Å². The van der Waals surface area contributed by atoms with Gasteiger partial charge in [0.2, 0.25) is 0 Å². The highest BCUT2D eigenvalue weighted by molar-refractivity contribution is 7.19. The molecule has 196 valence electrons. The molecule has 7 aromatic rings. The molecule has 2 heteroatoms. The molecule has 5 aromatic carbocycles. The smallest absolute Gasteiger partial charge is 0.0434 e. The molecular formula is C39H28S2. The molecule has 0 fully saturated rings. The lowest BCUT2D eigenvalue weighted by molar-refractivity contribution is 1.61. The fourth-order valence-corrected chi connectivity index (χ4v) is 8.01. The fourth-order valence-electron chi connectivity index (χ4n) is 5.66. The Morgan fingerprint density at radius 3 is 1.95 bits per heavy atom. The third-order valence-corrected chi connectivity index (χ3v) is 10.1. The van der Waals surface area contributed by atoms with Crippen LogP contribution in [-0.2, 0) is 0 Å². The zero-order chi connectivity index (χ0) is 27.8. The number of hydrogen-bond donors (Lipinski definition) is 0. The minimum absolute atomic E-state index is 1.16. The SMILES string of the molecule is C=C/C(=C\c1c(C)sc2ccc(-c3ccccc3)cc12)c1sc(-c2ccccc2-c2ccccc2)c2ccccc12. The summed E-state index contributed by atoms with van der Waals surface area (Å²) in [6, 6.07) is 45.7. The van der Waals surface area contributed by atoms with E-state index in [1.54, 1.807) is 0 Å². The highest BCUT2D eigenvalue weighted by atomic mass is 32.1. The third-order valence-electron chi connectivity index (χ3n) is 7.68. The van der Waals surface area contributed by atoms with Crippen molar-refractivity contribution < 1.29 is 0 Å². The molecule has 0 bridgehead atoms. The van der Waals surface area contributed by atoms with Crippen molar-refractivity contribution in [1.82, 2.24) is 0 Å². The van der Waals surface area contributed by atoms with E-state index in [2.05, 4.69) is 147 Å². The Labute approximate surface area is 249 Å². The van der Waals surface area contributed by atoms with Gasteiger partial charge in [-0.1, -0.05) is 128 Å². The molecule has 0 saturated heterocycles. The van der Waals surface area contributed by atoms with Crippen molar-refractivity contribution in [3.63, 3.8) is 0 Å². The van der Waals surface area contributed by atoms with Crippen LogP contribution in [0, 0.1) is 6.92 Å². The summed E-state index contributed by atoms with van der Waals surface area (Å²) in [5.41, 5.74) is 8.67.